The van der Waals surface area contributed by atoms with E-state index in [9.17, 15) is 4.79 Å². The summed E-state index contributed by atoms with van der Waals surface area (Å²) in [5, 5.41) is 0. The molecule has 0 spiro atoms. The second-order valence-electron chi connectivity index (χ2n) is 7.52. The number of carbonyl (C=O) groups is 1. The molecule has 1 aromatic carbocycles. The molecule has 1 saturated heterocycles. The Morgan fingerprint density at radius 2 is 1.92 bits per heavy atom. The lowest BCUT2D eigenvalue weighted by Crippen LogP contribution is -2.48. The molecule has 5 heteroatoms. The average molecular weight is 369 g/mol. The van der Waals surface area contributed by atoms with E-state index in [-0.39, 0.29) is 5.91 Å². The van der Waals surface area contributed by atoms with Crippen molar-refractivity contribution in [2.75, 3.05) is 32.8 Å². The van der Waals surface area contributed by atoms with Crippen LogP contribution in [0, 0.1) is 0 Å². The molecule has 0 saturated carbocycles. The summed E-state index contributed by atoms with van der Waals surface area (Å²) in [5.41, 5.74) is 4.10. The van der Waals surface area contributed by atoms with E-state index in [0.717, 1.165) is 69.2 Å². The molecule has 3 heterocycles. The number of carbonyl (C=O) groups excluding carboxylic acids is 1. The molecule has 2 aliphatic heterocycles. The van der Waals surface area contributed by atoms with Gasteiger partial charge in [-0.05, 0) is 48.1 Å². The Labute approximate surface area is 158 Å². The monoisotopic (exact) mass is 368 g/mol. The molecule has 2 aromatic rings. The Kier molecular flexibility index (Phi) is 4.21. The van der Waals surface area contributed by atoms with Gasteiger partial charge in [-0.2, -0.15) is 0 Å². The van der Waals surface area contributed by atoms with Gasteiger partial charge in [0.05, 0.1) is 11.5 Å². The van der Waals surface area contributed by atoms with Crippen LogP contribution in [0.3, 0.4) is 0 Å². The SMILES string of the molecule is O=C(c1cc2c(s1)CCC2)N1CCN(Cc2ccc3c(c2)CCO3)CC1. The van der Waals surface area contributed by atoms with Crippen molar-refractivity contribution in [3.63, 3.8) is 0 Å². The molecule has 136 valence electrons. The molecule has 1 aromatic heterocycles. The van der Waals surface area contributed by atoms with Gasteiger partial charge in [-0.1, -0.05) is 12.1 Å². The number of rotatable bonds is 3. The van der Waals surface area contributed by atoms with Crippen molar-refractivity contribution in [1.29, 1.82) is 0 Å². The van der Waals surface area contributed by atoms with Gasteiger partial charge in [0.25, 0.3) is 5.91 Å². The lowest BCUT2D eigenvalue weighted by Gasteiger charge is -2.34. The minimum absolute atomic E-state index is 0.235. The van der Waals surface area contributed by atoms with E-state index in [1.165, 1.54) is 28.0 Å². The number of thiophene rings is 1. The Hall–Kier alpha value is -1.85. The summed E-state index contributed by atoms with van der Waals surface area (Å²) in [6.07, 6.45) is 4.59. The molecular weight excluding hydrogens is 344 g/mol. The van der Waals surface area contributed by atoms with Gasteiger partial charge in [0, 0.05) is 44.0 Å². The second-order valence-corrected chi connectivity index (χ2v) is 8.66. The van der Waals surface area contributed by atoms with Crippen LogP contribution in [0.2, 0.25) is 0 Å². The molecule has 0 atom stereocenters. The molecule has 5 rings (SSSR count). The third-order valence-electron chi connectivity index (χ3n) is 5.78. The zero-order valence-electron chi connectivity index (χ0n) is 15.0. The smallest absolute Gasteiger partial charge is 0.264 e. The fourth-order valence-electron chi connectivity index (χ4n) is 4.30. The molecule has 26 heavy (non-hydrogen) atoms. The first-order chi connectivity index (χ1) is 12.8. The molecule has 0 radical (unpaired) electrons. The van der Waals surface area contributed by atoms with Crippen molar-refractivity contribution in [2.45, 2.75) is 32.2 Å². The molecule has 0 unspecified atom stereocenters. The summed E-state index contributed by atoms with van der Waals surface area (Å²) in [4.78, 5) is 19.7. The third-order valence-corrected chi connectivity index (χ3v) is 7.00. The van der Waals surface area contributed by atoms with Crippen LogP contribution in [0.4, 0.5) is 0 Å². The molecular formula is C21H24N2O2S. The van der Waals surface area contributed by atoms with Crippen molar-refractivity contribution in [2.24, 2.45) is 0 Å². The van der Waals surface area contributed by atoms with Crippen LogP contribution in [0.25, 0.3) is 0 Å². The minimum atomic E-state index is 0.235. The lowest BCUT2D eigenvalue weighted by molar-refractivity contribution is 0.0633. The van der Waals surface area contributed by atoms with Gasteiger partial charge in [0.15, 0.2) is 0 Å². The van der Waals surface area contributed by atoms with E-state index in [1.54, 1.807) is 11.3 Å². The maximum Gasteiger partial charge on any atom is 0.264 e. The number of ether oxygens (including phenoxy) is 1. The van der Waals surface area contributed by atoms with Crippen molar-refractivity contribution in [3.8, 4) is 5.75 Å². The molecule has 4 nitrogen and oxygen atoms in total. The number of piperazine rings is 1. The zero-order chi connectivity index (χ0) is 17.5. The number of hydrogen-bond acceptors (Lipinski definition) is 4. The predicted molar refractivity (Wildman–Crippen MR) is 103 cm³/mol. The molecule has 0 N–H and O–H groups in total. The fourth-order valence-corrected chi connectivity index (χ4v) is 5.52. The first-order valence-corrected chi connectivity index (χ1v) is 10.5. The maximum atomic E-state index is 12.8. The summed E-state index contributed by atoms with van der Waals surface area (Å²) in [7, 11) is 0. The van der Waals surface area contributed by atoms with Crippen LogP contribution >= 0.6 is 11.3 Å². The molecule has 1 aliphatic carbocycles. The van der Waals surface area contributed by atoms with Gasteiger partial charge in [-0.3, -0.25) is 9.69 Å². The summed E-state index contributed by atoms with van der Waals surface area (Å²) in [6, 6.07) is 8.71. The highest BCUT2D eigenvalue weighted by atomic mass is 32.1. The van der Waals surface area contributed by atoms with Gasteiger partial charge in [-0.15, -0.1) is 11.3 Å². The molecule has 1 amide bonds. The van der Waals surface area contributed by atoms with Crippen molar-refractivity contribution in [3.05, 3.63) is 50.7 Å². The maximum absolute atomic E-state index is 12.8. The van der Waals surface area contributed by atoms with Crippen LogP contribution in [-0.2, 0) is 25.8 Å². The highest BCUT2D eigenvalue weighted by Gasteiger charge is 2.25. The summed E-state index contributed by atoms with van der Waals surface area (Å²) in [6.45, 7) is 5.33. The van der Waals surface area contributed by atoms with Gasteiger partial charge < -0.3 is 9.64 Å². The Morgan fingerprint density at radius 3 is 2.77 bits per heavy atom. The van der Waals surface area contributed by atoms with Crippen molar-refractivity contribution >= 4 is 17.2 Å². The van der Waals surface area contributed by atoms with Crippen molar-refractivity contribution < 1.29 is 9.53 Å². The van der Waals surface area contributed by atoms with Crippen LogP contribution in [0.1, 0.15) is 37.7 Å². The van der Waals surface area contributed by atoms with E-state index in [0.29, 0.717) is 0 Å². The number of amides is 1. The normalized spacial score (nSPS) is 19.3. The topological polar surface area (TPSA) is 32.8 Å². The highest BCUT2D eigenvalue weighted by Crippen LogP contribution is 2.31. The Morgan fingerprint density at radius 1 is 1.04 bits per heavy atom. The van der Waals surface area contributed by atoms with Gasteiger partial charge in [-0.25, -0.2) is 0 Å². The number of fused-ring (bicyclic) bond motifs is 2. The number of nitrogens with zero attached hydrogens (tertiary/aromatic N) is 2. The predicted octanol–water partition coefficient (Wildman–Crippen LogP) is 3.13. The third kappa shape index (κ3) is 3.03. The van der Waals surface area contributed by atoms with Gasteiger partial charge in [0.2, 0.25) is 0 Å². The minimum Gasteiger partial charge on any atom is -0.493 e. The number of aryl methyl sites for hydroxylation is 2. The van der Waals surface area contributed by atoms with Crippen LogP contribution in [0.15, 0.2) is 24.3 Å². The van der Waals surface area contributed by atoms with E-state index in [1.807, 2.05) is 4.90 Å². The van der Waals surface area contributed by atoms with Gasteiger partial charge >= 0.3 is 0 Å². The van der Waals surface area contributed by atoms with Crippen molar-refractivity contribution in [1.82, 2.24) is 9.80 Å². The van der Waals surface area contributed by atoms with Crippen LogP contribution in [0.5, 0.6) is 5.75 Å². The first kappa shape index (κ1) is 16.3. The van der Waals surface area contributed by atoms with E-state index in [2.05, 4.69) is 29.2 Å². The Bertz CT molecular complexity index is 815. The molecule has 1 fully saturated rings. The van der Waals surface area contributed by atoms with E-state index >= 15 is 0 Å². The molecule has 0 bridgehead atoms. The largest absolute Gasteiger partial charge is 0.493 e. The van der Waals surface area contributed by atoms with E-state index in [4.69, 9.17) is 4.74 Å². The molecule has 3 aliphatic rings. The second kappa shape index (κ2) is 6.71. The highest BCUT2D eigenvalue weighted by molar-refractivity contribution is 7.14. The Balaban J connectivity index is 1.18. The number of hydrogen-bond donors (Lipinski definition) is 0. The van der Waals surface area contributed by atoms with Gasteiger partial charge in [0.1, 0.15) is 5.75 Å². The summed E-state index contributed by atoms with van der Waals surface area (Å²) < 4.78 is 5.59. The quantitative estimate of drug-likeness (QED) is 0.834. The van der Waals surface area contributed by atoms with E-state index < -0.39 is 0 Å². The average Bonchev–Trinajstić information content (AvgIpc) is 3.37. The zero-order valence-corrected chi connectivity index (χ0v) is 15.8. The standard InChI is InChI=1S/C21H24N2O2S/c24-21(20-13-17-2-1-3-19(17)26-20)23-9-7-22(8-10-23)14-15-4-5-18-16(12-15)6-11-25-18/h4-5,12-13H,1-3,6-11,14H2. The van der Waals surface area contributed by atoms with Crippen LogP contribution in [-0.4, -0.2) is 48.5 Å². The first-order valence-electron chi connectivity index (χ1n) is 9.64. The summed E-state index contributed by atoms with van der Waals surface area (Å²) in [5.74, 6) is 1.28. The summed E-state index contributed by atoms with van der Waals surface area (Å²) >= 11 is 1.72. The fraction of sp³-hybridized carbons (Fsp3) is 0.476. The lowest BCUT2D eigenvalue weighted by atomic mass is 10.1. The number of benzene rings is 1. The van der Waals surface area contributed by atoms with Crippen LogP contribution < -0.4 is 4.74 Å².